The minimum absolute atomic E-state index is 0.0659. The summed E-state index contributed by atoms with van der Waals surface area (Å²) in [4.78, 5) is 47.5. The van der Waals surface area contributed by atoms with E-state index in [0.29, 0.717) is 6.07 Å². The van der Waals surface area contributed by atoms with E-state index in [1.54, 1.807) is 0 Å². The van der Waals surface area contributed by atoms with Gasteiger partial charge in [-0.15, -0.1) is 0 Å². The summed E-state index contributed by atoms with van der Waals surface area (Å²) < 4.78 is 33.1. The molecule has 0 saturated heterocycles. The average Bonchev–Trinajstić information content (AvgIpc) is 2.63. The molecule has 1 heterocycles. The van der Waals surface area contributed by atoms with Gasteiger partial charge in [-0.05, 0) is 31.2 Å². The van der Waals surface area contributed by atoms with Crippen molar-refractivity contribution in [2.24, 2.45) is 14.1 Å². The molecule has 0 N–H and O–H groups in total. The lowest BCUT2D eigenvalue weighted by atomic mass is 10.1. The fourth-order valence-corrected chi connectivity index (χ4v) is 2.26. The zero-order chi connectivity index (χ0) is 20.3. The molecule has 1 unspecified atom stereocenters. The maximum Gasteiger partial charge on any atom is 0.331 e. The Morgan fingerprint density at radius 1 is 1.15 bits per heavy atom. The third-order valence-electron chi connectivity index (χ3n) is 3.74. The Hall–Kier alpha value is -3.36. The Labute approximate surface area is 152 Å². The molecule has 7 nitrogen and oxygen atoms in total. The van der Waals surface area contributed by atoms with E-state index < -0.39 is 40.7 Å². The van der Waals surface area contributed by atoms with Crippen LogP contribution >= 0.6 is 0 Å². The minimum atomic E-state index is -1.25. The molecule has 0 saturated carbocycles. The third-order valence-corrected chi connectivity index (χ3v) is 3.74. The SMILES string of the molecule is CC(OC(=O)/C=C/c1cn(C)c(=O)n(C)c1=O)C(=O)c1ccc(F)c(F)c1. The molecule has 0 aliphatic carbocycles. The van der Waals surface area contributed by atoms with Gasteiger partial charge in [0.2, 0.25) is 5.78 Å². The molecule has 1 atom stereocenters. The molecule has 0 amide bonds. The number of hydrogen-bond donors (Lipinski definition) is 0. The minimum Gasteiger partial charge on any atom is -0.451 e. The van der Waals surface area contributed by atoms with Crippen LogP contribution in [-0.4, -0.2) is 27.0 Å². The standard InChI is InChI=1S/C18H16F2N2O5/c1-10(16(24)11-4-6-13(19)14(20)8-11)27-15(23)7-5-12-9-21(2)18(26)22(3)17(12)25/h4-10H,1-3H3/b7-5+. The molecule has 27 heavy (non-hydrogen) atoms. The number of benzene rings is 1. The first kappa shape index (κ1) is 20.0. The van der Waals surface area contributed by atoms with Crippen LogP contribution in [-0.2, 0) is 23.6 Å². The Bertz CT molecular complexity index is 1050. The molecule has 0 aliphatic rings. The predicted octanol–water partition coefficient (Wildman–Crippen LogP) is 1.19. The number of aryl methyl sites for hydroxylation is 1. The van der Waals surface area contributed by atoms with E-state index in [4.69, 9.17) is 4.74 Å². The summed E-state index contributed by atoms with van der Waals surface area (Å²) in [5, 5.41) is 0. The quantitative estimate of drug-likeness (QED) is 0.443. The summed E-state index contributed by atoms with van der Waals surface area (Å²) in [5.41, 5.74) is -1.21. The number of Topliss-reactive ketones (excluding diaryl/α,β-unsaturated/α-hetero) is 1. The van der Waals surface area contributed by atoms with E-state index in [-0.39, 0.29) is 11.1 Å². The van der Waals surface area contributed by atoms with E-state index in [9.17, 15) is 28.0 Å². The summed E-state index contributed by atoms with van der Waals surface area (Å²) in [7, 11) is 2.74. The van der Waals surface area contributed by atoms with Gasteiger partial charge in [-0.3, -0.25) is 14.2 Å². The van der Waals surface area contributed by atoms with Gasteiger partial charge in [-0.25, -0.2) is 18.4 Å². The molecule has 2 aromatic rings. The Morgan fingerprint density at radius 3 is 2.44 bits per heavy atom. The molecule has 0 radical (unpaired) electrons. The Morgan fingerprint density at radius 2 is 1.81 bits per heavy atom. The highest BCUT2D eigenvalue weighted by Gasteiger charge is 2.20. The van der Waals surface area contributed by atoms with Crippen LogP contribution in [0.4, 0.5) is 8.78 Å². The van der Waals surface area contributed by atoms with Gasteiger partial charge in [-0.2, -0.15) is 0 Å². The number of rotatable bonds is 5. The van der Waals surface area contributed by atoms with Crippen molar-refractivity contribution < 1.29 is 23.1 Å². The Balaban J connectivity index is 2.12. The molecule has 0 spiro atoms. The highest BCUT2D eigenvalue weighted by molar-refractivity contribution is 6.01. The molecule has 1 aromatic heterocycles. The highest BCUT2D eigenvalue weighted by atomic mass is 19.2. The monoisotopic (exact) mass is 378 g/mol. The number of ketones is 1. The van der Waals surface area contributed by atoms with Crippen molar-refractivity contribution in [2.45, 2.75) is 13.0 Å². The van der Waals surface area contributed by atoms with Crippen molar-refractivity contribution in [2.75, 3.05) is 0 Å². The van der Waals surface area contributed by atoms with Crippen molar-refractivity contribution in [1.82, 2.24) is 9.13 Å². The number of ether oxygens (including phenoxy) is 1. The summed E-state index contributed by atoms with van der Waals surface area (Å²) in [5.74, 6) is -3.93. The first-order valence-electron chi connectivity index (χ1n) is 7.76. The van der Waals surface area contributed by atoms with Crippen molar-refractivity contribution >= 4 is 17.8 Å². The van der Waals surface area contributed by atoms with E-state index in [1.807, 2.05) is 0 Å². The van der Waals surface area contributed by atoms with Crippen molar-refractivity contribution in [3.63, 3.8) is 0 Å². The van der Waals surface area contributed by atoms with Crippen LogP contribution in [0.25, 0.3) is 6.08 Å². The molecule has 1 aromatic carbocycles. The van der Waals surface area contributed by atoms with Gasteiger partial charge in [-0.1, -0.05) is 0 Å². The van der Waals surface area contributed by atoms with Gasteiger partial charge in [0.05, 0.1) is 5.56 Å². The zero-order valence-corrected chi connectivity index (χ0v) is 14.7. The van der Waals surface area contributed by atoms with Crippen LogP contribution < -0.4 is 11.2 Å². The van der Waals surface area contributed by atoms with Gasteiger partial charge < -0.3 is 9.30 Å². The van der Waals surface area contributed by atoms with Crippen LogP contribution in [0.5, 0.6) is 0 Å². The van der Waals surface area contributed by atoms with Crippen LogP contribution in [0.1, 0.15) is 22.8 Å². The van der Waals surface area contributed by atoms with Gasteiger partial charge in [0.25, 0.3) is 5.56 Å². The van der Waals surface area contributed by atoms with Crippen LogP contribution in [0, 0.1) is 11.6 Å². The van der Waals surface area contributed by atoms with Crippen LogP contribution in [0.2, 0.25) is 0 Å². The molecule has 9 heteroatoms. The van der Waals surface area contributed by atoms with Gasteiger partial charge in [0, 0.05) is 31.9 Å². The fraction of sp³-hybridized carbons (Fsp3) is 0.222. The molecular weight excluding hydrogens is 362 g/mol. The molecular formula is C18H16F2N2O5. The lowest BCUT2D eigenvalue weighted by Crippen LogP contribution is -2.37. The molecule has 0 fully saturated rings. The van der Waals surface area contributed by atoms with E-state index >= 15 is 0 Å². The van der Waals surface area contributed by atoms with Crippen LogP contribution in [0.15, 0.2) is 40.1 Å². The smallest absolute Gasteiger partial charge is 0.331 e. The normalized spacial score (nSPS) is 12.2. The number of carbonyl (C=O) groups excluding carboxylic acids is 2. The second kappa shape index (κ2) is 7.90. The third kappa shape index (κ3) is 4.43. The van der Waals surface area contributed by atoms with Crippen molar-refractivity contribution in [3.8, 4) is 0 Å². The molecule has 0 aliphatic heterocycles. The summed E-state index contributed by atoms with van der Waals surface area (Å²) >= 11 is 0. The molecule has 0 bridgehead atoms. The largest absolute Gasteiger partial charge is 0.451 e. The second-order valence-corrected chi connectivity index (χ2v) is 5.75. The van der Waals surface area contributed by atoms with Gasteiger partial charge >= 0.3 is 11.7 Å². The molecule has 142 valence electrons. The summed E-state index contributed by atoms with van der Waals surface area (Å²) in [6, 6.07) is 2.59. The fourth-order valence-electron chi connectivity index (χ4n) is 2.26. The van der Waals surface area contributed by atoms with E-state index in [2.05, 4.69) is 0 Å². The first-order chi connectivity index (χ1) is 12.6. The van der Waals surface area contributed by atoms with Crippen LogP contribution in [0.3, 0.4) is 0 Å². The average molecular weight is 378 g/mol. The first-order valence-corrected chi connectivity index (χ1v) is 7.76. The Kier molecular flexibility index (Phi) is 5.84. The number of nitrogens with zero attached hydrogens (tertiary/aromatic N) is 2. The van der Waals surface area contributed by atoms with Crippen molar-refractivity contribution in [3.05, 3.63) is 74.1 Å². The second-order valence-electron chi connectivity index (χ2n) is 5.75. The number of aromatic nitrogens is 2. The highest BCUT2D eigenvalue weighted by Crippen LogP contribution is 2.12. The van der Waals surface area contributed by atoms with Crippen molar-refractivity contribution in [1.29, 1.82) is 0 Å². The predicted molar refractivity (Wildman–Crippen MR) is 92.2 cm³/mol. The number of esters is 1. The molecule has 2 rings (SSSR count). The number of carbonyl (C=O) groups is 2. The van der Waals surface area contributed by atoms with E-state index in [1.165, 1.54) is 31.8 Å². The van der Waals surface area contributed by atoms with Gasteiger partial charge in [0.1, 0.15) is 0 Å². The lowest BCUT2D eigenvalue weighted by Gasteiger charge is -2.11. The number of halogens is 2. The summed E-state index contributed by atoms with van der Waals surface area (Å²) in [6.45, 7) is 1.28. The van der Waals surface area contributed by atoms with E-state index in [0.717, 1.165) is 28.9 Å². The maximum atomic E-state index is 13.2. The lowest BCUT2D eigenvalue weighted by molar-refractivity contribution is -0.140. The maximum absolute atomic E-state index is 13.2. The zero-order valence-electron chi connectivity index (χ0n) is 14.7. The number of hydrogen-bond acceptors (Lipinski definition) is 5. The van der Waals surface area contributed by atoms with Gasteiger partial charge in [0.15, 0.2) is 17.7 Å². The topological polar surface area (TPSA) is 87.4 Å². The summed E-state index contributed by atoms with van der Waals surface area (Å²) in [6.07, 6.45) is 2.08.